The van der Waals surface area contributed by atoms with E-state index in [0.717, 1.165) is 0 Å². The fraction of sp³-hybridized carbons (Fsp3) is 0.250. The molecule has 0 unspecified atom stereocenters. The fourth-order valence-corrected chi connectivity index (χ4v) is 2.06. The van der Waals surface area contributed by atoms with E-state index in [1.54, 1.807) is 43.1 Å². The Morgan fingerprint density at radius 1 is 1.44 bits per heavy atom. The van der Waals surface area contributed by atoms with E-state index >= 15 is 0 Å². The van der Waals surface area contributed by atoms with Crippen LogP contribution < -0.4 is 11.3 Å². The molecule has 0 fully saturated rings. The molecule has 18 heavy (non-hydrogen) atoms. The van der Waals surface area contributed by atoms with Gasteiger partial charge < -0.3 is 10.5 Å². The number of hydrogen-bond acceptors (Lipinski definition) is 3. The monoisotopic (exact) mass is 267 g/mol. The van der Waals surface area contributed by atoms with Gasteiger partial charge in [-0.1, -0.05) is 17.7 Å². The first-order valence-corrected chi connectivity index (χ1v) is 5.75. The molecule has 5 nitrogen and oxygen atoms in total. The molecule has 2 aromatic rings. The van der Waals surface area contributed by atoms with Crippen molar-refractivity contribution in [3.05, 3.63) is 45.3 Å². The zero-order chi connectivity index (χ0) is 13.3. The van der Waals surface area contributed by atoms with Gasteiger partial charge >= 0.3 is 0 Å². The molecule has 6 heteroatoms. The van der Waals surface area contributed by atoms with Crippen LogP contribution in [-0.4, -0.2) is 16.5 Å². The predicted molar refractivity (Wildman–Crippen MR) is 71.1 cm³/mol. The second-order valence-electron chi connectivity index (χ2n) is 3.91. The molecule has 0 saturated carbocycles. The van der Waals surface area contributed by atoms with Gasteiger partial charge in [0.1, 0.15) is 5.69 Å². The van der Waals surface area contributed by atoms with E-state index in [-0.39, 0.29) is 17.9 Å². The average molecular weight is 268 g/mol. The van der Waals surface area contributed by atoms with Crippen LogP contribution in [0.4, 0.5) is 5.69 Å². The lowest BCUT2D eigenvalue weighted by molar-refractivity contribution is 0.177. The highest BCUT2D eigenvalue weighted by Gasteiger charge is 2.16. The SMILES string of the molecule is COCc1c(N)c(=O)n(-c2cccc(Cl)c2)n1C. The molecule has 2 rings (SSSR count). The van der Waals surface area contributed by atoms with Crippen molar-refractivity contribution in [2.75, 3.05) is 12.8 Å². The first-order chi connectivity index (χ1) is 8.56. The number of nitrogens with two attached hydrogens (primary N) is 1. The Morgan fingerprint density at radius 2 is 2.17 bits per heavy atom. The van der Waals surface area contributed by atoms with Gasteiger partial charge in [-0.15, -0.1) is 0 Å². The first kappa shape index (κ1) is 12.7. The van der Waals surface area contributed by atoms with Crippen molar-refractivity contribution in [1.82, 2.24) is 9.36 Å². The molecule has 0 amide bonds. The molecule has 1 aromatic carbocycles. The third kappa shape index (κ3) is 2.02. The number of halogens is 1. The van der Waals surface area contributed by atoms with E-state index in [4.69, 9.17) is 22.1 Å². The maximum atomic E-state index is 12.1. The highest BCUT2D eigenvalue weighted by atomic mass is 35.5. The second kappa shape index (κ2) is 4.88. The number of rotatable bonds is 3. The Bertz CT molecular complexity index is 631. The van der Waals surface area contributed by atoms with Gasteiger partial charge in [-0.3, -0.25) is 9.48 Å². The summed E-state index contributed by atoms with van der Waals surface area (Å²) in [6.07, 6.45) is 0. The Hall–Kier alpha value is -1.72. The quantitative estimate of drug-likeness (QED) is 0.918. The molecule has 0 aliphatic rings. The minimum atomic E-state index is -0.271. The van der Waals surface area contributed by atoms with Crippen molar-refractivity contribution < 1.29 is 4.74 Å². The molecule has 0 radical (unpaired) electrons. The van der Waals surface area contributed by atoms with Gasteiger partial charge in [0.05, 0.1) is 18.0 Å². The molecule has 0 atom stereocenters. The maximum Gasteiger partial charge on any atom is 0.294 e. The van der Waals surface area contributed by atoms with Crippen LogP contribution in [0, 0.1) is 0 Å². The summed E-state index contributed by atoms with van der Waals surface area (Å²) in [6, 6.07) is 7.03. The molecule has 2 N–H and O–H groups in total. The normalized spacial score (nSPS) is 10.8. The van der Waals surface area contributed by atoms with Crippen molar-refractivity contribution >= 4 is 17.3 Å². The van der Waals surface area contributed by atoms with Gasteiger partial charge in [0.2, 0.25) is 0 Å². The largest absolute Gasteiger partial charge is 0.393 e. The van der Waals surface area contributed by atoms with Crippen molar-refractivity contribution in [2.45, 2.75) is 6.61 Å². The van der Waals surface area contributed by atoms with E-state index in [1.165, 1.54) is 4.68 Å². The minimum absolute atomic E-state index is 0.194. The highest BCUT2D eigenvalue weighted by molar-refractivity contribution is 6.30. The summed E-state index contributed by atoms with van der Waals surface area (Å²) in [5.74, 6) is 0. The smallest absolute Gasteiger partial charge is 0.294 e. The third-order valence-corrected chi connectivity index (χ3v) is 2.99. The lowest BCUT2D eigenvalue weighted by atomic mass is 10.3. The molecule has 1 heterocycles. The van der Waals surface area contributed by atoms with Crippen molar-refractivity contribution in [1.29, 1.82) is 0 Å². The Kier molecular flexibility index (Phi) is 3.45. The number of benzene rings is 1. The Labute approximate surface area is 109 Å². The molecule has 0 bridgehead atoms. The van der Waals surface area contributed by atoms with Gasteiger partial charge in [0.15, 0.2) is 0 Å². The number of nitrogen functional groups attached to an aromatic ring is 1. The number of nitrogens with zero attached hydrogens (tertiary/aromatic N) is 2. The van der Waals surface area contributed by atoms with Crippen molar-refractivity contribution in [2.24, 2.45) is 7.05 Å². The number of ether oxygens (including phenoxy) is 1. The van der Waals surface area contributed by atoms with Crippen LogP contribution in [-0.2, 0) is 18.4 Å². The topological polar surface area (TPSA) is 62.2 Å². The molecule has 0 aliphatic carbocycles. The number of anilines is 1. The average Bonchev–Trinajstić information content (AvgIpc) is 2.54. The zero-order valence-corrected chi connectivity index (χ0v) is 10.9. The fourth-order valence-electron chi connectivity index (χ4n) is 1.88. The van der Waals surface area contributed by atoms with E-state index in [9.17, 15) is 4.79 Å². The molecule has 0 saturated heterocycles. The van der Waals surface area contributed by atoms with Crippen molar-refractivity contribution in [3.63, 3.8) is 0 Å². The number of hydrogen-bond donors (Lipinski definition) is 1. The molecule has 96 valence electrons. The zero-order valence-electron chi connectivity index (χ0n) is 10.2. The minimum Gasteiger partial charge on any atom is -0.393 e. The summed E-state index contributed by atoms with van der Waals surface area (Å²) in [7, 11) is 3.31. The molecular formula is C12H14ClN3O2. The summed E-state index contributed by atoms with van der Waals surface area (Å²) in [4.78, 5) is 12.1. The van der Waals surface area contributed by atoms with Gasteiger partial charge in [0, 0.05) is 19.2 Å². The first-order valence-electron chi connectivity index (χ1n) is 5.37. The number of aromatic nitrogens is 2. The lowest BCUT2D eigenvalue weighted by Crippen LogP contribution is -2.20. The van der Waals surface area contributed by atoms with E-state index in [2.05, 4.69) is 0 Å². The van der Waals surface area contributed by atoms with Crippen molar-refractivity contribution in [3.8, 4) is 5.69 Å². The Balaban J connectivity index is 2.65. The van der Waals surface area contributed by atoms with Crippen LogP contribution in [0.15, 0.2) is 29.1 Å². The predicted octanol–water partition coefficient (Wildman–Crippen LogP) is 1.56. The van der Waals surface area contributed by atoms with Crippen LogP contribution in [0.25, 0.3) is 5.69 Å². The summed E-state index contributed by atoms with van der Waals surface area (Å²) in [6.45, 7) is 0.283. The van der Waals surface area contributed by atoms with Gasteiger partial charge in [-0.05, 0) is 18.2 Å². The molecule has 0 spiro atoms. The molecule has 1 aromatic heterocycles. The van der Waals surface area contributed by atoms with Gasteiger partial charge in [-0.25, -0.2) is 4.68 Å². The van der Waals surface area contributed by atoms with Crippen LogP contribution in [0.3, 0.4) is 0 Å². The van der Waals surface area contributed by atoms with E-state index < -0.39 is 0 Å². The van der Waals surface area contributed by atoms with Crippen LogP contribution >= 0.6 is 11.6 Å². The van der Waals surface area contributed by atoms with Gasteiger partial charge in [0.25, 0.3) is 5.56 Å². The summed E-state index contributed by atoms with van der Waals surface area (Å²) in [5.41, 5.74) is 7.03. The molecular weight excluding hydrogens is 254 g/mol. The lowest BCUT2D eigenvalue weighted by Gasteiger charge is -2.09. The van der Waals surface area contributed by atoms with E-state index in [0.29, 0.717) is 16.4 Å². The van der Waals surface area contributed by atoms with Crippen LogP contribution in [0.1, 0.15) is 5.69 Å². The van der Waals surface area contributed by atoms with Gasteiger partial charge in [-0.2, -0.15) is 0 Å². The second-order valence-corrected chi connectivity index (χ2v) is 4.35. The summed E-state index contributed by atoms with van der Waals surface area (Å²) >= 11 is 5.93. The highest BCUT2D eigenvalue weighted by Crippen LogP contribution is 2.16. The van der Waals surface area contributed by atoms with Crippen LogP contribution in [0.5, 0.6) is 0 Å². The number of methoxy groups -OCH3 is 1. The summed E-state index contributed by atoms with van der Waals surface area (Å²) < 4.78 is 8.18. The third-order valence-electron chi connectivity index (χ3n) is 2.76. The summed E-state index contributed by atoms with van der Waals surface area (Å²) in [5, 5.41) is 0.562. The van der Waals surface area contributed by atoms with E-state index in [1.807, 2.05) is 0 Å². The standard InChI is InChI=1S/C12H14ClN3O2/c1-15-10(7-18-2)11(14)12(17)16(15)9-5-3-4-8(13)6-9/h3-6H,7,14H2,1-2H3. The maximum absolute atomic E-state index is 12.1. The van der Waals surface area contributed by atoms with Crippen LogP contribution in [0.2, 0.25) is 5.02 Å². The molecule has 0 aliphatic heterocycles. The Morgan fingerprint density at radius 3 is 2.78 bits per heavy atom.